The maximum atomic E-state index is 12.7. The second-order valence-corrected chi connectivity index (χ2v) is 5.00. The highest BCUT2D eigenvalue weighted by Crippen LogP contribution is 2.31. The Morgan fingerprint density at radius 2 is 1.90 bits per heavy atom. The van der Waals surface area contributed by atoms with Gasteiger partial charge in [0.1, 0.15) is 11.4 Å². The molecule has 0 saturated heterocycles. The molecule has 3 N–H and O–H groups in total. The molecule has 0 unspecified atom stereocenters. The minimum atomic E-state index is -1.10. The number of benzene rings is 1. The van der Waals surface area contributed by atoms with Gasteiger partial charge in [0.15, 0.2) is 0 Å². The van der Waals surface area contributed by atoms with Gasteiger partial charge in [0.2, 0.25) is 0 Å². The van der Waals surface area contributed by atoms with E-state index >= 15 is 0 Å². The Morgan fingerprint density at radius 1 is 1.25 bits per heavy atom. The highest BCUT2D eigenvalue weighted by molar-refractivity contribution is 5.87. The van der Waals surface area contributed by atoms with Gasteiger partial charge in [-0.3, -0.25) is 0 Å². The van der Waals surface area contributed by atoms with Gasteiger partial charge in [-0.1, -0.05) is 12.1 Å². The SMILES string of the molecule is O=C(NCCc1ccc(F)cc1)NC1(C(=O)O)CCC1. The average Bonchev–Trinajstić information content (AvgIpc) is 2.36. The molecule has 0 radical (unpaired) electrons. The molecule has 1 aromatic carbocycles. The van der Waals surface area contributed by atoms with Gasteiger partial charge >= 0.3 is 12.0 Å². The van der Waals surface area contributed by atoms with E-state index in [4.69, 9.17) is 5.11 Å². The number of halogens is 1. The molecule has 1 aliphatic rings. The highest BCUT2D eigenvalue weighted by atomic mass is 19.1. The van der Waals surface area contributed by atoms with Crippen molar-refractivity contribution in [1.82, 2.24) is 10.6 Å². The molecule has 6 heteroatoms. The second-order valence-electron chi connectivity index (χ2n) is 5.00. The van der Waals surface area contributed by atoms with Crippen LogP contribution in [-0.2, 0) is 11.2 Å². The van der Waals surface area contributed by atoms with Crippen molar-refractivity contribution in [3.05, 3.63) is 35.6 Å². The fourth-order valence-corrected chi connectivity index (χ4v) is 2.16. The number of carboxylic acid groups (broad SMARTS) is 1. The molecule has 0 aromatic heterocycles. The van der Waals surface area contributed by atoms with Crippen molar-refractivity contribution in [3.63, 3.8) is 0 Å². The van der Waals surface area contributed by atoms with Gasteiger partial charge in [0.05, 0.1) is 0 Å². The summed E-state index contributed by atoms with van der Waals surface area (Å²) in [6.07, 6.45) is 2.30. The third-order valence-electron chi connectivity index (χ3n) is 3.58. The van der Waals surface area contributed by atoms with Crippen molar-refractivity contribution < 1.29 is 19.1 Å². The molecule has 1 aromatic rings. The fraction of sp³-hybridized carbons (Fsp3) is 0.429. The van der Waals surface area contributed by atoms with Crippen molar-refractivity contribution >= 4 is 12.0 Å². The van der Waals surface area contributed by atoms with Gasteiger partial charge in [0.25, 0.3) is 0 Å². The van der Waals surface area contributed by atoms with Crippen molar-refractivity contribution in [1.29, 1.82) is 0 Å². The normalized spacial score (nSPS) is 16.1. The molecule has 2 rings (SSSR count). The molecule has 0 bridgehead atoms. The van der Waals surface area contributed by atoms with E-state index < -0.39 is 17.5 Å². The first kappa shape index (κ1) is 14.3. The summed E-state index contributed by atoms with van der Waals surface area (Å²) in [5.74, 6) is -1.29. The molecule has 0 spiro atoms. The Kier molecular flexibility index (Phi) is 4.22. The Hall–Kier alpha value is -2.11. The van der Waals surface area contributed by atoms with E-state index in [1.54, 1.807) is 12.1 Å². The summed E-state index contributed by atoms with van der Waals surface area (Å²) >= 11 is 0. The van der Waals surface area contributed by atoms with Crippen molar-refractivity contribution in [3.8, 4) is 0 Å². The molecule has 5 nitrogen and oxygen atoms in total. The number of carbonyl (C=O) groups excluding carboxylic acids is 1. The van der Waals surface area contributed by atoms with Crippen LogP contribution in [-0.4, -0.2) is 29.2 Å². The van der Waals surface area contributed by atoms with Gasteiger partial charge in [-0.2, -0.15) is 0 Å². The van der Waals surface area contributed by atoms with Crippen LogP contribution < -0.4 is 10.6 Å². The van der Waals surface area contributed by atoms with E-state index in [1.807, 2.05) is 0 Å². The van der Waals surface area contributed by atoms with E-state index in [-0.39, 0.29) is 5.82 Å². The van der Waals surface area contributed by atoms with Crippen molar-refractivity contribution in [2.24, 2.45) is 0 Å². The van der Waals surface area contributed by atoms with Crippen LogP contribution >= 0.6 is 0 Å². The molecule has 20 heavy (non-hydrogen) atoms. The minimum Gasteiger partial charge on any atom is -0.480 e. The number of carboxylic acids is 1. The Morgan fingerprint density at radius 3 is 2.40 bits per heavy atom. The summed E-state index contributed by atoms with van der Waals surface area (Å²) in [7, 11) is 0. The lowest BCUT2D eigenvalue weighted by atomic mass is 9.77. The molecule has 0 atom stereocenters. The number of carbonyl (C=O) groups is 2. The first-order valence-electron chi connectivity index (χ1n) is 6.56. The zero-order valence-corrected chi connectivity index (χ0v) is 11.0. The lowest BCUT2D eigenvalue weighted by Crippen LogP contribution is -2.61. The molecule has 1 fully saturated rings. The summed E-state index contributed by atoms with van der Waals surface area (Å²) in [5.41, 5.74) is -0.191. The molecule has 1 aliphatic carbocycles. The lowest BCUT2D eigenvalue weighted by Gasteiger charge is -2.38. The van der Waals surface area contributed by atoms with Crippen LogP contribution in [0, 0.1) is 5.82 Å². The summed E-state index contributed by atoms with van der Waals surface area (Å²) in [5, 5.41) is 14.2. The maximum absolute atomic E-state index is 12.7. The van der Waals surface area contributed by atoms with E-state index in [1.165, 1.54) is 12.1 Å². The largest absolute Gasteiger partial charge is 0.480 e. The number of rotatable bonds is 5. The first-order chi connectivity index (χ1) is 9.52. The third-order valence-corrected chi connectivity index (χ3v) is 3.58. The van der Waals surface area contributed by atoms with Crippen LogP contribution in [0.4, 0.5) is 9.18 Å². The number of urea groups is 1. The summed E-state index contributed by atoms with van der Waals surface area (Å²) in [4.78, 5) is 22.7. The summed E-state index contributed by atoms with van der Waals surface area (Å²) in [6, 6.07) is 5.56. The van der Waals surface area contributed by atoms with E-state index in [2.05, 4.69) is 10.6 Å². The van der Waals surface area contributed by atoms with Crippen LogP contribution in [0.3, 0.4) is 0 Å². The van der Waals surface area contributed by atoms with E-state index in [9.17, 15) is 14.0 Å². The van der Waals surface area contributed by atoms with Gasteiger partial charge < -0.3 is 15.7 Å². The average molecular weight is 280 g/mol. The summed E-state index contributed by atoms with van der Waals surface area (Å²) < 4.78 is 12.7. The molecule has 2 amide bonds. The number of hydrogen-bond acceptors (Lipinski definition) is 2. The third kappa shape index (κ3) is 3.26. The Bertz CT molecular complexity index is 498. The number of aliphatic carboxylic acids is 1. The monoisotopic (exact) mass is 280 g/mol. The van der Waals surface area contributed by atoms with Gasteiger partial charge in [-0.15, -0.1) is 0 Å². The quantitative estimate of drug-likeness (QED) is 0.767. The van der Waals surface area contributed by atoms with Crippen molar-refractivity contribution in [2.75, 3.05) is 6.54 Å². The molecule has 0 aliphatic heterocycles. The van der Waals surface area contributed by atoms with Gasteiger partial charge in [-0.25, -0.2) is 14.0 Å². The van der Waals surface area contributed by atoms with Crippen LogP contribution in [0.2, 0.25) is 0 Å². The van der Waals surface area contributed by atoms with Crippen LogP contribution in [0.15, 0.2) is 24.3 Å². The van der Waals surface area contributed by atoms with E-state index in [0.717, 1.165) is 12.0 Å². The zero-order valence-electron chi connectivity index (χ0n) is 11.0. The maximum Gasteiger partial charge on any atom is 0.329 e. The predicted molar refractivity (Wildman–Crippen MR) is 70.9 cm³/mol. The fourth-order valence-electron chi connectivity index (χ4n) is 2.16. The molecular formula is C14H17FN2O3. The minimum absolute atomic E-state index is 0.298. The standard InChI is InChI=1S/C14H17FN2O3/c15-11-4-2-10(3-5-11)6-9-16-13(20)17-14(12(18)19)7-1-8-14/h2-5H,1,6-9H2,(H,18,19)(H2,16,17,20). The number of nitrogens with one attached hydrogen (secondary N) is 2. The topological polar surface area (TPSA) is 78.4 Å². The second kappa shape index (κ2) is 5.90. The number of hydrogen-bond donors (Lipinski definition) is 3. The number of amides is 2. The predicted octanol–water partition coefficient (Wildman–Crippen LogP) is 1.67. The zero-order chi connectivity index (χ0) is 14.6. The van der Waals surface area contributed by atoms with Crippen LogP contribution in [0.1, 0.15) is 24.8 Å². The lowest BCUT2D eigenvalue weighted by molar-refractivity contribution is -0.148. The molecule has 0 heterocycles. The first-order valence-corrected chi connectivity index (χ1v) is 6.56. The molecule has 108 valence electrons. The van der Waals surface area contributed by atoms with Gasteiger partial charge in [-0.05, 0) is 43.4 Å². The van der Waals surface area contributed by atoms with Crippen LogP contribution in [0.5, 0.6) is 0 Å². The van der Waals surface area contributed by atoms with Crippen LogP contribution in [0.25, 0.3) is 0 Å². The van der Waals surface area contributed by atoms with E-state index in [0.29, 0.717) is 25.8 Å². The summed E-state index contributed by atoms with van der Waals surface area (Å²) in [6.45, 7) is 0.368. The molecular weight excluding hydrogens is 263 g/mol. The smallest absolute Gasteiger partial charge is 0.329 e. The highest BCUT2D eigenvalue weighted by Gasteiger charge is 2.45. The van der Waals surface area contributed by atoms with Crippen molar-refractivity contribution in [2.45, 2.75) is 31.2 Å². The molecule has 1 saturated carbocycles. The Balaban J connectivity index is 1.75. The van der Waals surface area contributed by atoms with Gasteiger partial charge in [0, 0.05) is 6.54 Å². The Labute approximate surface area is 116 Å².